The lowest BCUT2D eigenvalue weighted by Gasteiger charge is -2.24. The molecule has 0 unspecified atom stereocenters. The quantitative estimate of drug-likeness (QED) is 0.449. The van der Waals surface area contributed by atoms with E-state index in [0.717, 1.165) is 33.8 Å². The zero-order valence-electron chi connectivity index (χ0n) is 15.1. The summed E-state index contributed by atoms with van der Waals surface area (Å²) in [6, 6.07) is 16.5. The average Bonchev–Trinajstić information content (AvgIpc) is 3.02. The highest BCUT2D eigenvalue weighted by molar-refractivity contribution is 5.86. The van der Waals surface area contributed by atoms with Crippen molar-refractivity contribution in [1.29, 1.82) is 0 Å². The molecule has 0 saturated carbocycles. The lowest BCUT2D eigenvalue weighted by Crippen LogP contribution is -2.17. The van der Waals surface area contributed by atoms with Gasteiger partial charge in [-0.3, -0.25) is 4.98 Å². The van der Waals surface area contributed by atoms with E-state index in [4.69, 9.17) is 0 Å². The van der Waals surface area contributed by atoms with E-state index in [1.54, 1.807) is 18.5 Å². The molecule has 0 amide bonds. The fourth-order valence-corrected chi connectivity index (χ4v) is 3.56. The number of aromatic amines is 1. The number of alkyl halides is 3. The van der Waals surface area contributed by atoms with E-state index in [9.17, 15) is 13.2 Å². The van der Waals surface area contributed by atoms with Crippen molar-refractivity contribution in [1.82, 2.24) is 9.97 Å². The number of anilines is 1. The molecule has 0 fully saturated rings. The second-order valence-corrected chi connectivity index (χ2v) is 6.61. The maximum Gasteiger partial charge on any atom is 0.418 e. The number of aryl methyl sites for hydroxylation is 1. The maximum absolute atomic E-state index is 13.5. The summed E-state index contributed by atoms with van der Waals surface area (Å²) >= 11 is 0. The highest BCUT2D eigenvalue weighted by Gasteiger charge is 2.34. The number of halogens is 3. The average molecular weight is 381 g/mol. The van der Waals surface area contributed by atoms with Gasteiger partial charge < -0.3 is 10.3 Å². The molecule has 2 aromatic heterocycles. The Morgan fingerprint density at radius 2 is 1.61 bits per heavy atom. The highest BCUT2D eigenvalue weighted by atomic mass is 19.4. The Morgan fingerprint density at radius 3 is 2.36 bits per heavy atom. The van der Waals surface area contributed by atoms with Gasteiger partial charge in [0, 0.05) is 40.2 Å². The zero-order chi connectivity index (χ0) is 19.7. The van der Waals surface area contributed by atoms with E-state index in [-0.39, 0.29) is 5.69 Å². The topological polar surface area (TPSA) is 40.7 Å². The normalized spacial score (nSPS) is 12.9. The number of pyridine rings is 1. The third kappa shape index (κ3) is 3.33. The molecular formula is C22H18F3N3. The summed E-state index contributed by atoms with van der Waals surface area (Å²) < 4.78 is 40.6. The first kappa shape index (κ1) is 18.1. The predicted molar refractivity (Wildman–Crippen MR) is 104 cm³/mol. The van der Waals surface area contributed by atoms with Gasteiger partial charge >= 0.3 is 6.18 Å². The van der Waals surface area contributed by atoms with Crippen molar-refractivity contribution in [2.24, 2.45) is 0 Å². The molecule has 0 aliphatic rings. The summed E-state index contributed by atoms with van der Waals surface area (Å²) in [7, 11) is 0. The summed E-state index contributed by atoms with van der Waals surface area (Å²) in [6.45, 7) is 1.93. The fraction of sp³-hybridized carbons (Fsp3) is 0.136. The smallest absolute Gasteiger partial charge is 0.374 e. The van der Waals surface area contributed by atoms with Gasteiger partial charge in [-0.2, -0.15) is 13.2 Å². The van der Waals surface area contributed by atoms with Gasteiger partial charge in [0.05, 0.1) is 11.6 Å². The molecule has 6 heteroatoms. The minimum absolute atomic E-state index is 0.0430. The number of benzene rings is 2. The first-order valence-electron chi connectivity index (χ1n) is 8.85. The molecule has 142 valence electrons. The van der Waals surface area contributed by atoms with Crippen LogP contribution < -0.4 is 5.32 Å². The molecule has 2 aromatic carbocycles. The molecule has 3 nitrogen and oxygen atoms in total. The first-order chi connectivity index (χ1) is 13.4. The van der Waals surface area contributed by atoms with Gasteiger partial charge in [-0.05, 0) is 42.8 Å². The molecule has 0 aliphatic carbocycles. The number of hydrogen-bond donors (Lipinski definition) is 2. The molecule has 2 heterocycles. The summed E-state index contributed by atoms with van der Waals surface area (Å²) in [5.41, 5.74) is 2.95. The van der Waals surface area contributed by atoms with Crippen molar-refractivity contribution in [2.75, 3.05) is 5.32 Å². The molecule has 2 N–H and O–H groups in total. The third-order valence-corrected chi connectivity index (χ3v) is 4.80. The Balaban J connectivity index is 1.89. The van der Waals surface area contributed by atoms with E-state index in [1.165, 1.54) is 12.1 Å². The first-order valence-corrected chi connectivity index (χ1v) is 8.85. The molecule has 0 spiro atoms. The zero-order valence-corrected chi connectivity index (χ0v) is 15.1. The van der Waals surface area contributed by atoms with Gasteiger partial charge in [-0.15, -0.1) is 0 Å². The Bertz CT molecular complexity index is 1100. The predicted octanol–water partition coefficient (Wildman–Crippen LogP) is 6.09. The Hall–Kier alpha value is -3.28. The molecule has 0 radical (unpaired) electrons. The minimum atomic E-state index is -4.44. The fourth-order valence-electron chi connectivity index (χ4n) is 3.56. The Labute approximate surface area is 160 Å². The van der Waals surface area contributed by atoms with Crippen molar-refractivity contribution < 1.29 is 13.2 Å². The molecular weight excluding hydrogens is 363 g/mol. The maximum atomic E-state index is 13.5. The number of aromatic nitrogens is 2. The number of fused-ring (bicyclic) bond motifs is 1. The van der Waals surface area contributed by atoms with E-state index in [0.29, 0.717) is 0 Å². The van der Waals surface area contributed by atoms with Crippen LogP contribution >= 0.6 is 0 Å². The van der Waals surface area contributed by atoms with Gasteiger partial charge in [-0.1, -0.05) is 30.3 Å². The van der Waals surface area contributed by atoms with Gasteiger partial charge in [0.1, 0.15) is 0 Å². The van der Waals surface area contributed by atoms with Crippen LogP contribution in [0.4, 0.5) is 18.9 Å². The highest BCUT2D eigenvalue weighted by Crippen LogP contribution is 2.39. The van der Waals surface area contributed by atoms with Crippen LogP contribution in [0.15, 0.2) is 73.1 Å². The number of nitrogens with zero attached hydrogens (tertiary/aromatic N) is 1. The van der Waals surface area contributed by atoms with Gasteiger partial charge in [0.15, 0.2) is 0 Å². The van der Waals surface area contributed by atoms with Crippen LogP contribution in [-0.4, -0.2) is 9.97 Å². The molecule has 0 bridgehead atoms. The SMILES string of the molecule is Cc1[nH]c2ccccc2c1[C@H](Nc1ccccc1C(F)(F)F)c1ccncc1. The second-order valence-electron chi connectivity index (χ2n) is 6.61. The lowest BCUT2D eigenvalue weighted by atomic mass is 9.96. The van der Waals surface area contributed by atoms with Gasteiger partial charge in [0.25, 0.3) is 0 Å². The standard InChI is InChI=1S/C22H18F3N3/c1-14-20(16-6-2-4-8-18(16)27-14)21(15-10-12-26-13-11-15)28-19-9-5-3-7-17(19)22(23,24)25/h2-13,21,27-28H,1H3/t21-/m1/s1. The summed E-state index contributed by atoms with van der Waals surface area (Å²) in [5, 5.41) is 4.11. The van der Waals surface area contributed by atoms with Crippen LogP contribution in [0.5, 0.6) is 0 Å². The van der Waals surface area contributed by atoms with Crippen molar-refractivity contribution in [3.05, 3.63) is 95.4 Å². The number of H-pyrrole nitrogens is 1. The summed E-state index contributed by atoms with van der Waals surface area (Å²) in [5.74, 6) is 0. The van der Waals surface area contributed by atoms with Crippen molar-refractivity contribution >= 4 is 16.6 Å². The molecule has 0 saturated heterocycles. The lowest BCUT2D eigenvalue weighted by molar-refractivity contribution is -0.137. The van der Waals surface area contributed by atoms with E-state index in [1.807, 2.05) is 43.3 Å². The van der Waals surface area contributed by atoms with Crippen molar-refractivity contribution in [2.45, 2.75) is 19.1 Å². The molecule has 0 aliphatic heterocycles. The van der Waals surface area contributed by atoms with Gasteiger partial charge in [0.2, 0.25) is 0 Å². The number of nitrogens with one attached hydrogen (secondary N) is 2. The molecule has 28 heavy (non-hydrogen) atoms. The Kier molecular flexibility index (Phi) is 4.55. The summed E-state index contributed by atoms with van der Waals surface area (Å²) in [4.78, 5) is 7.37. The molecule has 4 rings (SSSR count). The number of para-hydroxylation sites is 2. The molecule has 1 atom stereocenters. The van der Waals surface area contributed by atoms with Crippen LogP contribution in [0.1, 0.15) is 28.4 Å². The largest absolute Gasteiger partial charge is 0.418 e. The van der Waals surface area contributed by atoms with Crippen LogP contribution in [0.2, 0.25) is 0 Å². The minimum Gasteiger partial charge on any atom is -0.374 e. The van der Waals surface area contributed by atoms with Crippen LogP contribution in [0.3, 0.4) is 0 Å². The summed E-state index contributed by atoms with van der Waals surface area (Å²) in [6.07, 6.45) is -1.16. The van der Waals surface area contributed by atoms with Gasteiger partial charge in [-0.25, -0.2) is 0 Å². The van der Waals surface area contributed by atoms with Crippen LogP contribution in [0.25, 0.3) is 10.9 Å². The monoisotopic (exact) mass is 381 g/mol. The Morgan fingerprint density at radius 1 is 0.929 bits per heavy atom. The van der Waals surface area contributed by atoms with Crippen molar-refractivity contribution in [3.8, 4) is 0 Å². The van der Waals surface area contributed by atoms with E-state index >= 15 is 0 Å². The van der Waals surface area contributed by atoms with Crippen LogP contribution in [0, 0.1) is 6.92 Å². The second kappa shape index (κ2) is 7.03. The third-order valence-electron chi connectivity index (χ3n) is 4.80. The number of rotatable bonds is 4. The van der Waals surface area contributed by atoms with Crippen molar-refractivity contribution in [3.63, 3.8) is 0 Å². The number of hydrogen-bond acceptors (Lipinski definition) is 2. The van der Waals surface area contributed by atoms with Crippen LogP contribution in [-0.2, 0) is 6.18 Å². The van der Waals surface area contributed by atoms with E-state index < -0.39 is 17.8 Å². The molecule has 4 aromatic rings. The van der Waals surface area contributed by atoms with E-state index in [2.05, 4.69) is 15.3 Å².